The molecule has 0 radical (unpaired) electrons. The van der Waals surface area contributed by atoms with Crippen molar-refractivity contribution < 1.29 is 4.74 Å². The Balaban J connectivity index is 2.04. The quantitative estimate of drug-likeness (QED) is 0.751. The Kier molecular flexibility index (Phi) is 3.02. The lowest BCUT2D eigenvalue weighted by atomic mass is 9.98. The van der Waals surface area contributed by atoms with Crippen molar-refractivity contribution in [1.82, 2.24) is 19.9 Å². The zero-order valence-electron chi connectivity index (χ0n) is 10.5. The number of nitrogens with zero attached hydrogens (tertiary/aromatic N) is 2. The van der Waals surface area contributed by atoms with Crippen molar-refractivity contribution in [2.24, 2.45) is 0 Å². The van der Waals surface area contributed by atoms with Crippen molar-refractivity contribution in [3.8, 4) is 5.88 Å². The molecule has 3 aromatic heterocycles. The molecule has 0 fully saturated rings. The molecule has 3 aromatic rings. The summed E-state index contributed by atoms with van der Waals surface area (Å²) in [6, 6.07) is 8.03. The minimum Gasteiger partial charge on any atom is -0.480 e. The second-order valence-electron chi connectivity index (χ2n) is 4.17. The van der Waals surface area contributed by atoms with E-state index in [1.807, 2.05) is 36.7 Å². The fourth-order valence-electron chi connectivity index (χ4n) is 2.11. The molecule has 0 aliphatic heterocycles. The molecule has 2 N–H and O–H groups in total. The summed E-state index contributed by atoms with van der Waals surface area (Å²) in [5.74, 6) is 0.531. The van der Waals surface area contributed by atoms with E-state index >= 15 is 0 Å². The van der Waals surface area contributed by atoms with Gasteiger partial charge in [-0.3, -0.25) is 4.98 Å². The molecule has 0 aromatic carbocycles. The summed E-state index contributed by atoms with van der Waals surface area (Å²) in [6.45, 7) is 0. The van der Waals surface area contributed by atoms with Gasteiger partial charge >= 0.3 is 0 Å². The first-order valence-corrected chi connectivity index (χ1v) is 6.01. The monoisotopic (exact) mass is 254 g/mol. The van der Waals surface area contributed by atoms with Gasteiger partial charge in [0.15, 0.2) is 0 Å². The summed E-state index contributed by atoms with van der Waals surface area (Å²) >= 11 is 0. The summed E-state index contributed by atoms with van der Waals surface area (Å²) in [5, 5.41) is 0. The van der Waals surface area contributed by atoms with Crippen LogP contribution in [0.5, 0.6) is 5.88 Å². The highest BCUT2D eigenvalue weighted by atomic mass is 16.5. The molecule has 3 heterocycles. The van der Waals surface area contributed by atoms with Crippen LogP contribution in [-0.2, 0) is 0 Å². The predicted molar refractivity (Wildman–Crippen MR) is 71.1 cm³/mol. The largest absolute Gasteiger partial charge is 0.480 e. The molecule has 5 heteroatoms. The molecule has 0 unspecified atom stereocenters. The molecular weight excluding hydrogens is 240 g/mol. The van der Waals surface area contributed by atoms with Gasteiger partial charge in [-0.2, -0.15) is 0 Å². The minimum absolute atomic E-state index is 0.0170. The highest BCUT2D eigenvalue weighted by Gasteiger charge is 2.20. The lowest BCUT2D eigenvalue weighted by Gasteiger charge is -2.14. The van der Waals surface area contributed by atoms with Crippen LogP contribution in [0.4, 0.5) is 0 Å². The first kappa shape index (κ1) is 11.5. The van der Waals surface area contributed by atoms with Crippen LogP contribution in [0, 0.1) is 0 Å². The van der Waals surface area contributed by atoms with Crippen molar-refractivity contribution >= 4 is 0 Å². The fraction of sp³-hybridized carbons (Fsp3) is 0.143. The number of hydrogen-bond acceptors (Lipinski definition) is 3. The van der Waals surface area contributed by atoms with E-state index in [2.05, 4.69) is 19.9 Å². The van der Waals surface area contributed by atoms with E-state index in [1.165, 1.54) is 0 Å². The van der Waals surface area contributed by atoms with E-state index in [9.17, 15) is 0 Å². The Morgan fingerprint density at radius 3 is 2.11 bits per heavy atom. The lowest BCUT2D eigenvalue weighted by molar-refractivity contribution is 0.395. The third kappa shape index (κ3) is 2.22. The lowest BCUT2D eigenvalue weighted by Crippen LogP contribution is -2.07. The van der Waals surface area contributed by atoms with Gasteiger partial charge in [-0.15, -0.1) is 0 Å². The third-order valence-corrected chi connectivity index (χ3v) is 3.02. The smallest absolute Gasteiger partial charge is 0.231 e. The van der Waals surface area contributed by atoms with Crippen molar-refractivity contribution in [2.75, 3.05) is 7.11 Å². The molecule has 19 heavy (non-hydrogen) atoms. The Morgan fingerprint density at radius 1 is 1.00 bits per heavy atom. The first-order valence-electron chi connectivity index (χ1n) is 6.01. The van der Waals surface area contributed by atoms with Crippen molar-refractivity contribution in [1.29, 1.82) is 0 Å². The standard InChI is InChI=1S/C14H14N4O/c1-19-13-9-17-12(8-18-13)14(10-4-2-6-15-10)11-5-3-7-16-11/h2-9,14-16H,1H3. The Labute approximate surface area is 110 Å². The van der Waals surface area contributed by atoms with E-state index in [1.54, 1.807) is 19.5 Å². The van der Waals surface area contributed by atoms with Crippen molar-refractivity contribution in [3.05, 3.63) is 66.1 Å². The maximum absolute atomic E-state index is 5.04. The molecule has 0 saturated carbocycles. The van der Waals surface area contributed by atoms with Crippen LogP contribution < -0.4 is 4.74 Å². The summed E-state index contributed by atoms with van der Waals surface area (Å²) < 4.78 is 5.04. The number of nitrogens with one attached hydrogen (secondary N) is 2. The van der Waals surface area contributed by atoms with Gasteiger partial charge in [0.25, 0.3) is 0 Å². The number of aromatic amines is 2. The number of aromatic nitrogens is 4. The van der Waals surface area contributed by atoms with Gasteiger partial charge in [0, 0.05) is 23.8 Å². The molecule has 5 nitrogen and oxygen atoms in total. The average Bonchev–Trinajstić information content (AvgIpc) is 3.13. The molecule has 0 spiro atoms. The van der Waals surface area contributed by atoms with Crippen LogP contribution in [0.3, 0.4) is 0 Å². The normalized spacial score (nSPS) is 10.8. The zero-order chi connectivity index (χ0) is 13.1. The van der Waals surface area contributed by atoms with Gasteiger partial charge in [0.2, 0.25) is 5.88 Å². The number of hydrogen-bond donors (Lipinski definition) is 2. The summed E-state index contributed by atoms with van der Waals surface area (Å²) in [7, 11) is 1.58. The van der Waals surface area contributed by atoms with E-state index in [-0.39, 0.29) is 5.92 Å². The molecule has 96 valence electrons. The minimum atomic E-state index is 0.0170. The molecule has 0 bridgehead atoms. The van der Waals surface area contributed by atoms with Gasteiger partial charge in [0.05, 0.1) is 31.1 Å². The molecule has 0 aliphatic rings. The van der Waals surface area contributed by atoms with Crippen LogP contribution in [-0.4, -0.2) is 27.0 Å². The van der Waals surface area contributed by atoms with Crippen LogP contribution in [0.25, 0.3) is 0 Å². The van der Waals surface area contributed by atoms with E-state index in [4.69, 9.17) is 4.74 Å². The van der Waals surface area contributed by atoms with Crippen LogP contribution in [0.1, 0.15) is 23.0 Å². The molecule has 0 saturated heterocycles. The Hall–Kier alpha value is -2.56. The van der Waals surface area contributed by atoms with Crippen LogP contribution in [0.15, 0.2) is 49.1 Å². The maximum atomic E-state index is 5.04. The molecule has 3 rings (SSSR count). The second kappa shape index (κ2) is 4.97. The van der Waals surface area contributed by atoms with E-state index in [0.29, 0.717) is 5.88 Å². The highest BCUT2D eigenvalue weighted by molar-refractivity contribution is 5.33. The van der Waals surface area contributed by atoms with Crippen molar-refractivity contribution in [2.45, 2.75) is 5.92 Å². The number of methoxy groups -OCH3 is 1. The molecule has 0 atom stereocenters. The predicted octanol–water partition coefficient (Wildman–Crippen LogP) is 2.32. The first-order chi connectivity index (χ1) is 9.38. The van der Waals surface area contributed by atoms with E-state index in [0.717, 1.165) is 17.1 Å². The van der Waals surface area contributed by atoms with Crippen LogP contribution >= 0.6 is 0 Å². The maximum Gasteiger partial charge on any atom is 0.231 e. The molecular formula is C14H14N4O. The molecule has 0 amide bonds. The fourth-order valence-corrected chi connectivity index (χ4v) is 2.11. The van der Waals surface area contributed by atoms with Gasteiger partial charge < -0.3 is 14.7 Å². The third-order valence-electron chi connectivity index (χ3n) is 3.02. The number of H-pyrrole nitrogens is 2. The van der Waals surface area contributed by atoms with Gasteiger partial charge in [-0.1, -0.05) is 0 Å². The Morgan fingerprint density at radius 2 is 1.68 bits per heavy atom. The number of ether oxygens (including phenoxy) is 1. The van der Waals surface area contributed by atoms with Gasteiger partial charge in [-0.05, 0) is 24.3 Å². The SMILES string of the molecule is COc1cnc(C(c2ccc[nH]2)c2ccc[nH]2)cn1. The summed E-state index contributed by atoms with van der Waals surface area (Å²) in [6.07, 6.45) is 7.18. The van der Waals surface area contributed by atoms with E-state index < -0.39 is 0 Å². The topological polar surface area (TPSA) is 66.6 Å². The molecule has 0 aliphatic carbocycles. The summed E-state index contributed by atoms with van der Waals surface area (Å²) in [5.41, 5.74) is 3.01. The zero-order valence-corrected chi connectivity index (χ0v) is 10.5. The van der Waals surface area contributed by atoms with Crippen LogP contribution in [0.2, 0.25) is 0 Å². The van der Waals surface area contributed by atoms with Gasteiger partial charge in [0.1, 0.15) is 0 Å². The van der Waals surface area contributed by atoms with Crippen molar-refractivity contribution in [3.63, 3.8) is 0 Å². The average molecular weight is 254 g/mol. The Bertz CT molecular complexity index is 580. The second-order valence-corrected chi connectivity index (χ2v) is 4.17. The number of rotatable bonds is 4. The highest BCUT2D eigenvalue weighted by Crippen LogP contribution is 2.28. The summed E-state index contributed by atoms with van der Waals surface area (Å²) in [4.78, 5) is 15.1. The van der Waals surface area contributed by atoms with Gasteiger partial charge in [-0.25, -0.2) is 4.98 Å².